The second-order valence-electron chi connectivity index (χ2n) is 15.7. The Bertz CT molecular complexity index is 3150. The fraction of sp³-hybridized carbons (Fsp3) is 0.261. The molecule has 18 heteroatoms. The standard InChI is InChI=1S/C26H25N3O5S.C20H20FN3O4S/c1-27-25(30)22-21-15-20(16-9-10-16)24(29(2)35(3,31)32)28-26(21)34-23(22)17-11-13-19(14-12-17)33-18-7-5-4-6-8-18;1-22-19(25)16-15-10-14(11-4-5-11)18(24(2)29(3,26)27)23-20(15)28-17(16)12-6-8-13(21)9-7-12/h4-8,11-16H,9-10H2,1-3H3,(H,27,30);6-11H,4-5H2,1-3H3,(H,22,25). The molecule has 9 rings (SSSR count). The van der Waals surface area contributed by atoms with Gasteiger partial charge in [-0.15, -0.1) is 0 Å². The number of rotatable bonds is 12. The highest BCUT2D eigenvalue weighted by molar-refractivity contribution is 7.92. The van der Waals surface area contributed by atoms with E-state index in [1.165, 1.54) is 45.4 Å². The van der Waals surface area contributed by atoms with Gasteiger partial charge >= 0.3 is 0 Å². The van der Waals surface area contributed by atoms with E-state index in [1.54, 1.807) is 25.2 Å². The van der Waals surface area contributed by atoms with Gasteiger partial charge in [0.2, 0.25) is 31.5 Å². The minimum Gasteiger partial charge on any atom is -0.457 e. The van der Waals surface area contributed by atoms with Crippen molar-refractivity contribution < 1.29 is 44.4 Å². The van der Waals surface area contributed by atoms with Gasteiger partial charge in [-0.05, 0) is 121 Å². The number of benzene rings is 3. The summed E-state index contributed by atoms with van der Waals surface area (Å²) in [5.74, 6) is 1.92. The minimum atomic E-state index is -3.53. The van der Waals surface area contributed by atoms with Crippen molar-refractivity contribution in [3.63, 3.8) is 0 Å². The zero-order valence-corrected chi connectivity index (χ0v) is 37.4. The number of furan rings is 2. The summed E-state index contributed by atoms with van der Waals surface area (Å²) in [4.78, 5) is 34.6. The monoisotopic (exact) mass is 908 g/mol. The number of carbonyl (C=O) groups is 2. The van der Waals surface area contributed by atoms with Crippen LogP contribution in [0.3, 0.4) is 0 Å². The Morgan fingerprint density at radius 3 is 1.41 bits per heavy atom. The van der Waals surface area contributed by atoms with E-state index in [0.29, 0.717) is 50.6 Å². The predicted molar refractivity (Wildman–Crippen MR) is 243 cm³/mol. The molecular weight excluding hydrogens is 864 g/mol. The van der Waals surface area contributed by atoms with E-state index in [0.717, 1.165) is 63.7 Å². The zero-order chi connectivity index (χ0) is 45.7. The molecule has 2 aliphatic carbocycles. The van der Waals surface area contributed by atoms with Gasteiger partial charge < -0.3 is 24.2 Å². The van der Waals surface area contributed by atoms with Crippen LogP contribution in [0, 0.1) is 5.82 Å². The van der Waals surface area contributed by atoms with Crippen LogP contribution in [0.25, 0.3) is 44.8 Å². The lowest BCUT2D eigenvalue weighted by Gasteiger charge is -2.18. The molecule has 2 amide bonds. The van der Waals surface area contributed by atoms with Gasteiger partial charge in [0.05, 0.1) is 34.4 Å². The Morgan fingerprint density at radius 1 is 0.641 bits per heavy atom. The van der Waals surface area contributed by atoms with Gasteiger partial charge in [0.25, 0.3) is 11.8 Å². The number of sulfonamides is 2. The maximum absolute atomic E-state index is 13.3. The number of para-hydroxylation sites is 1. The maximum Gasteiger partial charge on any atom is 0.255 e. The highest BCUT2D eigenvalue weighted by Crippen LogP contribution is 2.48. The quantitative estimate of drug-likeness (QED) is 0.120. The first-order valence-corrected chi connectivity index (χ1v) is 24.0. The van der Waals surface area contributed by atoms with E-state index in [-0.39, 0.29) is 46.4 Å². The molecule has 2 N–H and O–H groups in total. The fourth-order valence-electron chi connectivity index (χ4n) is 7.28. The van der Waals surface area contributed by atoms with Crippen molar-refractivity contribution in [3.05, 3.63) is 119 Å². The van der Waals surface area contributed by atoms with E-state index >= 15 is 0 Å². The summed E-state index contributed by atoms with van der Waals surface area (Å²) >= 11 is 0. The normalized spacial score (nSPS) is 13.9. The molecule has 7 aromatic rings. The van der Waals surface area contributed by atoms with Gasteiger partial charge in [-0.1, -0.05) is 18.2 Å². The summed E-state index contributed by atoms with van der Waals surface area (Å²) in [6.07, 6.45) is 5.99. The van der Waals surface area contributed by atoms with Gasteiger partial charge in [-0.3, -0.25) is 18.2 Å². The number of ether oxygens (including phenoxy) is 1. The van der Waals surface area contributed by atoms with Gasteiger partial charge in [-0.25, -0.2) is 21.2 Å². The summed E-state index contributed by atoms with van der Waals surface area (Å²) in [5, 5.41) is 6.33. The summed E-state index contributed by atoms with van der Waals surface area (Å²) in [7, 11) is -1.06. The summed E-state index contributed by atoms with van der Waals surface area (Å²) < 4.78 is 82.2. The molecule has 2 saturated carbocycles. The predicted octanol–water partition coefficient (Wildman–Crippen LogP) is 8.19. The first-order valence-electron chi connectivity index (χ1n) is 20.3. The van der Waals surface area contributed by atoms with Crippen molar-refractivity contribution in [1.29, 1.82) is 0 Å². The van der Waals surface area contributed by atoms with Gasteiger partial charge in [0.1, 0.15) is 40.5 Å². The Balaban J connectivity index is 0.000000178. The average molecular weight is 909 g/mol. The second kappa shape index (κ2) is 17.1. The Hall–Kier alpha value is -6.79. The van der Waals surface area contributed by atoms with Crippen molar-refractivity contribution in [2.75, 3.05) is 49.3 Å². The molecule has 0 aliphatic heterocycles. The third-order valence-electron chi connectivity index (χ3n) is 11.1. The third-order valence-corrected chi connectivity index (χ3v) is 13.5. The topological polar surface area (TPSA) is 194 Å². The van der Waals surface area contributed by atoms with Crippen LogP contribution >= 0.6 is 0 Å². The lowest BCUT2D eigenvalue weighted by molar-refractivity contribution is 0.0956. The van der Waals surface area contributed by atoms with E-state index in [1.807, 2.05) is 48.5 Å². The number of hydrogen-bond acceptors (Lipinski definition) is 11. The first kappa shape index (κ1) is 43.8. The maximum atomic E-state index is 13.3. The average Bonchev–Trinajstić information content (AvgIpc) is 4.23. The SMILES string of the molecule is CNC(=O)c1c(-c2ccc(F)cc2)oc2nc(N(C)S(C)(=O)=O)c(C3CC3)cc12.CNC(=O)c1c(-c2ccc(Oc3ccccc3)cc2)oc2nc(N(C)S(C)(=O)=O)c(C3CC3)cc12. The summed E-state index contributed by atoms with van der Waals surface area (Å²) in [6.45, 7) is 0. The summed E-state index contributed by atoms with van der Waals surface area (Å²) in [5.41, 5.74) is 3.77. The molecule has 4 aromatic heterocycles. The molecule has 2 fully saturated rings. The van der Waals surface area contributed by atoms with Crippen LogP contribution in [-0.2, 0) is 20.0 Å². The molecule has 64 heavy (non-hydrogen) atoms. The van der Waals surface area contributed by atoms with Crippen LogP contribution < -0.4 is 24.0 Å². The number of nitrogens with zero attached hydrogens (tertiary/aromatic N) is 4. The largest absolute Gasteiger partial charge is 0.457 e. The molecule has 0 saturated heterocycles. The number of hydrogen-bond donors (Lipinski definition) is 2. The van der Waals surface area contributed by atoms with Gasteiger partial charge in [0.15, 0.2) is 0 Å². The number of amides is 2. The first-order chi connectivity index (χ1) is 30.5. The summed E-state index contributed by atoms with van der Waals surface area (Å²) in [6, 6.07) is 25.9. The van der Waals surface area contributed by atoms with Crippen LogP contribution in [0.5, 0.6) is 11.5 Å². The lowest BCUT2D eigenvalue weighted by Crippen LogP contribution is -2.27. The molecule has 3 aromatic carbocycles. The van der Waals surface area contributed by atoms with Crippen molar-refractivity contribution >= 4 is 65.7 Å². The molecule has 2 aliphatic rings. The van der Waals surface area contributed by atoms with Gasteiger partial charge in [0, 0.05) is 39.3 Å². The van der Waals surface area contributed by atoms with Crippen molar-refractivity contribution in [2.45, 2.75) is 37.5 Å². The molecule has 0 unspecified atom stereocenters. The molecule has 0 spiro atoms. The molecule has 4 heterocycles. The number of fused-ring (bicyclic) bond motifs is 2. The molecule has 15 nitrogen and oxygen atoms in total. The number of carbonyl (C=O) groups excluding carboxylic acids is 2. The lowest BCUT2D eigenvalue weighted by atomic mass is 10.0. The fourth-order valence-corrected chi connectivity index (χ4v) is 8.20. The molecule has 0 atom stereocenters. The minimum absolute atomic E-state index is 0.151. The number of nitrogens with one attached hydrogen (secondary N) is 2. The van der Waals surface area contributed by atoms with Crippen molar-refractivity contribution in [2.24, 2.45) is 0 Å². The second-order valence-corrected chi connectivity index (χ2v) is 19.8. The van der Waals surface area contributed by atoms with Crippen LogP contribution in [0.1, 0.15) is 69.4 Å². The van der Waals surface area contributed by atoms with Crippen molar-refractivity contribution in [1.82, 2.24) is 20.6 Å². The van der Waals surface area contributed by atoms with Crippen LogP contribution in [0.2, 0.25) is 0 Å². The van der Waals surface area contributed by atoms with Gasteiger partial charge in [-0.2, -0.15) is 9.97 Å². The number of pyridine rings is 2. The third kappa shape index (κ3) is 8.87. The highest BCUT2D eigenvalue weighted by Gasteiger charge is 2.35. The Kier molecular flexibility index (Phi) is 11.7. The van der Waals surface area contributed by atoms with E-state index < -0.39 is 25.9 Å². The smallest absolute Gasteiger partial charge is 0.255 e. The number of halogens is 1. The number of aromatic nitrogens is 2. The zero-order valence-electron chi connectivity index (χ0n) is 35.8. The molecular formula is C46H45FN6O9S2. The molecule has 0 radical (unpaired) electrons. The van der Waals surface area contributed by atoms with E-state index in [9.17, 15) is 30.8 Å². The van der Waals surface area contributed by atoms with E-state index in [4.69, 9.17) is 13.6 Å². The van der Waals surface area contributed by atoms with Crippen LogP contribution in [-0.4, -0.2) is 79.3 Å². The van der Waals surface area contributed by atoms with Crippen LogP contribution in [0.4, 0.5) is 16.0 Å². The molecule has 332 valence electrons. The molecule has 0 bridgehead atoms. The Morgan fingerprint density at radius 2 is 1.03 bits per heavy atom. The Labute approximate surface area is 369 Å². The number of anilines is 2. The van der Waals surface area contributed by atoms with Crippen molar-refractivity contribution in [3.8, 4) is 34.1 Å². The van der Waals surface area contributed by atoms with E-state index in [2.05, 4.69) is 20.6 Å². The van der Waals surface area contributed by atoms with Crippen LogP contribution in [0.15, 0.2) is 99.8 Å². The highest BCUT2D eigenvalue weighted by atomic mass is 32.2.